The Balaban J connectivity index is 1.19. The number of aliphatic imine (C=N–C) groups is 1. The summed E-state index contributed by atoms with van der Waals surface area (Å²) in [4.78, 5) is 23.2. The van der Waals surface area contributed by atoms with Crippen molar-refractivity contribution < 1.29 is 33.6 Å². The summed E-state index contributed by atoms with van der Waals surface area (Å²) in [5.74, 6) is 2.30. The summed E-state index contributed by atoms with van der Waals surface area (Å²) in [7, 11) is 1.58. The normalized spacial score (nSPS) is 15.4. The Morgan fingerprint density at radius 1 is 0.787 bits per heavy atom. The van der Waals surface area contributed by atoms with Crippen molar-refractivity contribution in [1.82, 2.24) is 5.32 Å². The van der Waals surface area contributed by atoms with Gasteiger partial charge < -0.3 is 34.1 Å². The number of ether oxygens (including phenoxy) is 5. The summed E-state index contributed by atoms with van der Waals surface area (Å²) >= 11 is 0. The molecule has 2 N–H and O–H groups in total. The molecule has 12 nitrogen and oxygen atoms in total. The number of aliphatic hydroxyl groups excluding tert-OH is 1. The summed E-state index contributed by atoms with van der Waals surface area (Å²) in [6.07, 6.45) is 0.117. The molecule has 1 aliphatic rings. The summed E-state index contributed by atoms with van der Waals surface area (Å²) in [5.41, 5.74) is 13.2. The lowest BCUT2D eigenvalue weighted by atomic mass is 9.81. The highest BCUT2D eigenvalue weighted by Gasteiger charge is 2.53. The Labute approximate surface area is 355 Å². The van der Waals surface area contributed by atoms with Gasteiger partial charge in [-0.3, -0.25) is 4.79 Å². The molecule has 0 fully saturated rings. The van der Waals surface area contributed by atoms with Gasteiger partial charge in [0, 0.05) is 42.2 Å². The molecule has 1 aliphatic heterocycles. The molecule has 310 valence electrons. The third kappa shape index (κ3) is 10.7. The minimum Gasteiger partial charge on any atom is -0.497 e. The molecule has 0 aliphatic carbocycles. The zero-order valence-electron chi connectivity index (χ0n) is 33.9. The molecule has 2 atom stereocenters. The van der Waals surface area contributed by atoms with Gasteiger partial charge in [0.2, 0.25) is 5.90 Å². The fourth-order valence-corrected chi connectivity index (χ4v) is 7.07. The first-order valence-electron chi connectivity index (χ1n) is 20.1. The molecule has 0 saturated carbocycles. The van der Waals surface area contributed by atoms with Gasteiger partial charge in [0.05, 0.1) is 13.7 Å². The number of benzene rings is 6. The Morgan fingerprint density at radius 3 is 2.20 bits per heavy atom. The summed E-state index contributed by atoms with van der Waals surface area (Å²) in [5, 5.41) is 16.3. The van der Waals surface area contributed by atoms with Crippen LogP contribution < -0.4 is 24.3 Å². The van der Waals surface area contributed by atoms with Gasteiger partial charge in [0.25, 0.3) is 5.91 Å². The van der Waals surface area contributed by atoms with Crippen molar-refractivity contribution >= 4 is 17.5 Å². The van der Waals surface area contributed by atoms with Gasteiger partial charge in [-0.05, 0) is 88.3 Å². The number of amides is 1. The van der Waals surface area contributed by atoms with Crippen LogP contribution in [0.5, 0.6) is 23.0 Å². The van der Waals surface area contributed by atoms with Crippen molar-refractivity contribution in [3.8, 4) is 23.0 Å². The standard InChI is InChI=1S/C49H47N5O7/c1-57-42-18-10-17-39(31-42)46-49(32-40-16-8-9-19-43(40)53-54-50,52-47(61-46)38-21-23-41(24-22-38)58-29-11-28-55)48(56)51-27-26-35-20-25-44(59-33-36-12-4-2-5-13-36)45(30-35)60-34-37-14-6-3-7-15-37/h2-10,12-25,30-31,46,55H,11,26-29,32-34H2,1H3,(H,51,56)/t46-,49-/m1/s1. The van der Waals surface area contributed by atoms with Crippen LogP contribution in [-0.4, -0.2) is 49.3 Å². The second-order valence-electron chi connectivity index (χ2n) is 14.4. The van der Waals surface area contributed by atoms with E-state index >= 15 is 4.79 Å². The monoisotopic (exact) mass is 817 g/mol. The number of hydrogen-bond acceptors (Lipinski definition) is 9. The van der Waals surface area contributed by atoms with Crippen LogP contribution in [0.25, 0.3) is 10.4 Å². The molecule has 12 heteroatoms. The first-order chi connectivity index (χ1) is 30.0. The molecule has 0 spiro atoms. The number of nitrogens with zero attached hydrogens (tertiary/aromatic N) is 4. The SMILES string of the molecule is COc1cccc([C@H]2OC(c3ccc(OCCCO)cc3)=N[C@@]2(Cc2ccccc2N=[N+]=[N-])C(=O)NCCc2ccc(OCc3ccccc3)c(OCc3ccccc3)c2)c1. The van der Waals surface area contributed by atoms with E-state index < -0.39 is 11.6 Å². The molecule has 61 heavy (non-hydrogen) atoms. The minimum absolute atomic E-state index is 0.0297. The van der Waals surface area contributed by atoms with E-state index in [2.05, 4.69) is 15.3 Å². The molecule has 0 saturated heterocycles. The number of hydrogen-bond donors (Lipinski definition) is 2. The number of nitrogens with one attached hydrogen (secondary N) is 1. The zero-order valence-corrected chi connectivity index (χ0v) is 33.9. The molecule has 0 bridgehead atoms. The van der Waals surface area contributed by atoms with Gasteiger partial charge in [-0.2, -0.15) is 0 Å². The van der Waals surface area contributed by atoms with Gasteiger partial charge in [-0.1, -0.05) is 108 Å². The molecular weight excluding hydrogens is 771 g/mol. The van der Waals surface area contributed by atoms with Crippen LogP contribution in [0.1, 0.15) is 45.9 Å². The summed E-state index contributed by atoms with van der Waals surface area (Å²) < 4.78 is 30.6. The largest absolute Gasteiger partial charge is 0.497 e. The van der Waals surface area contributed by atoms with Gasteiger partial charge in [-0.15, -0.1) is 0 Å². The van der Waals surface area contributed by atoms with E-state index in [0.29, 0.717) is 78.0 Å². The van der Waals surface area contributed by atoms with Crippen LogP contribution in [0.15, 0.2) is 162 Å². The number of carbonyl (C=O) groups is 1. The molecule has 6 aromatic rings. The van der Waals surface area contributed by atoms with Crippen molar-refractivity contribution in [2.24, 2.45) is 10.1 Å². The van der Waals surface area contributed by atoms with E-state index in [4.69, 9.17) is 28.7 Å². The quantitative estimate of drug-likeness (QED) is 0.0336. The topological polar surface area (TPSA) is 157 Å². The second kappa shape index (κ2) is 20.6. The minimum atomic E-state index is -1.56. The number of carbonyl (C=O) groups excluding carboxylic acids is 1. The highest BCUT2D eigenvalue weighted by molar-refractivity contribution is 6.01. The van der Waals surface area contributed by atoms with Crippen LogP contribution in [0.4, 0.5) is 5.69 Å². The fourth-order valence-electron chi connectivity index (χ4n) is 7.07. The first kappa shape index (κ1) is 41.9. The summed E-state index contributed by atoms with van der Waals surface area (Å²) in [6.45, 7) is 1.39. The molecule has 7 rings (SSSR count). The van der Waals surface area contributed by atoms with E-state index in [-0.39, 0.29) is 31.4 Å². The number of aliphatic hydroxyl groups is 1. The van der Waals surface area contributed by atoms with Gasteiger partial charge >= 0.3 is 0 Å². The van der Waals surface area contributed by atoms with Crippen LogP contribution in [0.2, 0.25) is 0 Å². The van der Waals surface area contributed by atoms with Crippen molar-refractivity contribution in [3.63, 3.8) is 0 Å². The fraction of sp³-hybridized carbons (Fsp3) is 0.224. The Morgan fingerprint density at radius 2 is 1.49 bits per heavy atom. The van der Waals surface area contributed by atoms with E-state index in [0.717, 1.165) is 16.7 Å². The Bertz CT molecular complexity index is 2460. The second-order valence-corrected chi connectivity index (χ2v) is 14.4. The highest BCUT2D eigenvalue weighted by atomic mass is 16.5. The highest BCUT2D eigenvalue weighted by Crippen LogP contribution is 2.44. The van der Waals surface area contributed by atoms with Crippen molar-refractivity contribution in [1.29, 1.82) is 0 Å². The van der Waals surface area contributed by atoms with E-state index in [1.54, 1.807) is 31.4 Å². The van der Waals surface area contributed by atoms with Crippen LogP contribution in [-0.2, 0) is 35.6 Å². The maximum atomic E-state index is 15.0. The molecular formula is C49H47N5O7. The molecule has 0 unspecified atom stereocenters. The molecule has 0 radical (unpaired) electrons. The Kier molecular flexibility index (Phi) is 14.2. The summed E-state index contributed by atoms with van der Waals surface area (Å²) in [6, 6.07) is 47.5. The van der Waals surface area contributed by atoms with Crippen molar-refractivity contribution in [2.45, 2.75) is 44.1 Å². The molecule has 1 amide bonds. The van der Waals surface area contributed by atoms with E-state index in [1.165, 1.54) is 0 Å². The lowest BCUT2D eigenvalue weighted by molar-refractivity contribution is -0.128. The molecule has 6 aromatic carbocycles. The van der Waals surface area contributed by atoms with Crippen LogP contribution >= 0.6 is 0 Å². The van der Waals surface area contributed by atoms with Gasteiger partial charge in [0.1, 0.15) is 24.7 Å². The lowest BCUT2D eigenvalue weighted by Gasteiger charge is -2.31. The van der Waals surface area contributed by atoms with Crippen LogP contribution in [0, 0.1) is 0 Å². The van der Waals surface area contributed by atoms with Crippen molar-refractivity contribution in [3.05, 3.63) is 195 Å². The third-order valence-corrected chi connectivity index (χ3v) is 10.2. The predicted molar refractivity (Wildman–Crippen MR) is 233 cm³/mol. The number of azide groups is 1. The average molecular weight is 818 g/mol. The maximum Gasteiger partial charge on any atom is 0.252 e. The maximum absolute atomic E-state index is 15.0. The first-order valence-corrected chi connectivity index (χ1v) is 20.1. The molecule has 1 heterocycles. The predicted octanol–water partition coefficient (Wildman–Crippen LogP) is 9.41. The van der Waals surface area contributed by atoms with E-state index in [1.807, 2.05) is 127 Å². The van der Waals surface area contributed by atoms with Crippen molar-refractivity contribution in [2.75, 3.05) is 26.9 Å². The number of rotatable bonds is 20. The van der Waals surface area contributed by atoms with Gasteiger partial charge in [0.15, 0.2) is 23.1 Å². The zero-order chi connectivity index (χ0) is 42.3. The molecule has 0 aromatic heterocycles. The smallest absolute Gasteiger partial charge is 0.252 e. The third-order valence-electron chi connectivity index (χ3n) is 10.2. The average Bonchev–Trinajstić information content (AvgIpc) is 3.70. The van der Waals surface area contributed by atoms with Gasteiger partial charge in [-0.25, -0.2) is 4.99 Å². The Hall–Kier alpha value is -7.27. The van der Waals surface area contributed by atoms with E-state index in [9.17, 15) is 10.6 Å². The lowest BCUT2D eigenvalue weighted by Crippen LogP contribution is -2.50. The van der Waals surface area contributed by atoms with Crippen LogP contribution in [0.3, 0.4) is 0 Å². The number of methoxy groups -OCH3 is 1.